The van der Waals surface area contributed by atoms with Gasteiger partial charge in [-0.1, -0.05) is 30.3 Å². The fraction of sp³-hybridized carbons (Fsp3) is 0.176. The van der Waals surface area contributed by atoms with Gasteiger partial charge in [0.1, 0.15) is 5.75 Å². The minimum Gasteiger partial charge on any atom is -0.497 e. The van der Waals surface area contributed by atoms with Gasteiger partial charge in [0, 0.05) is 5.56 Å². The quantitative estimate of drug-likeness (QED) is 0.889. The zero-order chi connectivity index (χ0) is 16.2. The molecule has 5 heteroatoms. The highest BCUT2D eigenvalue weighted by atomic mass is 16.5. The molecule has 2 aromatic rings. The topological polar surface area (TPSA) is 75.6 Å². The highest BCUT2D eigenvalue weighted by molar-refractivity contribution is 5.98. The van der Waals surface area contributed by atoms with Crippen molar-refractivity contribution in [1.29, 1.82) is 0 Å². The normalized spacial score (nSPS) is 13.0. The van der Waals surface area contributed by atoms with Crippen LogP contribution in [0.3, 0.4) is 0 Å². The van der Waals surface area contributed by atoms with Crippen LogP contribution in [-0.2, 0) is 10.3 Å². The van der Waals surface area contributed by atoms with Crippen molar-refractivity contribution in [3.63, 3.8) is 0 Å². The number of carbonyl (C=O) groups excluding carboxylic acids is 1. The van der Waals surface area contributed by atoms with E-state index in [0.717, 1.165) is 0 Å². The molecule has 0 saturated carbocycles. The molecule has 2 aromatic carbocycles. The zero-order valence-electron chi connectivity index (χ0n) is 12.4. The van der Waals surface area contributed by atoms with Gasteiger partial charge in [0.25, 0.3) is 5.91 Å². The molecule has 5 nitrogen and oxygen atoms in total. The van der Waals surface area contributed by atoms with Gasteiger partial charge in [-0.15, -0.1) is 0 Å². The molecule has 0 aliphatic rings. The minimum atomic E-state index is -1.55. The van der Waals surface area contributed by atoms with E-state index in [1.807, 2.05) is 0 Å². The average Bonchev–Trinajstić information content (AvgIpc) is 2.55. The molecule has 0 spiro atoms. The van der Waals surface area contributed by atoms with Crippen molar-refractivity contribution in [2.45, 2.75) is 12.5 Å². The van der Waals surface area contributed by atoms with E-state index in [1.165, 1.54) is 14.0 Å². The number of aliphatic carboxylic acids is 1. The molecule has 0 radical (unpaired) electrons. The van der Waals surface area contributed by atoms with Crippen LogP contribution in [0.15, 0.2) is 54.6 Å². The molecular weight excluding hydrogens is 282 g/mol. The van der Waals surface area contributed by atoms with Crippen molar-refractivity contribution in [3.05, 3.63) is 65.7 Å². The maximum absolute atomic E-state index is 12.3. The standard InChI is InChI=1S/C17H17NO4/c1-17(16(20)21,13-9-6-10-14(11-13)22-2)18-15(19)12-7-4-3-5-8-12/h3-11H,1-2H3,(H,18,19)(H,20,21). The van der Waals surface area contributed by atoms with Gasteiger partial charge in [0.15, 0.2) is 5.54 Å². The first kappa shape index (κ1) is 15.6. The molecule has 0 aliphatic heterocycles. The lowest BCUT2D eigenvalue weighted by Gasteiger charge is -2.27. The molecule has 0 aromatic heterocycles. The van der Waals surface area contributed by atoms with Crippen LogP contribution in [0.2, 0.25) is 0 Å². The maximum Gasteiger partial charge on any atom is 0.333 e. The summed E-state index contributed by atoms with van der Waals surface area (Å²) < 4.78 is 5.11. The van der Waals surface area contributed by atoms with E-state index in [-0.39, 0.29) is 0 Å². The monoisotopic (exact) mass is 299 g/mol. The van der Waals surface area contributed by atoms with Crippen LogP contribution in [0.5, 0.6) is 5.75 Å². The summed E-state index contributed by atoms with van der Waals surface area (Å²) in [4.78, 5) is 24.0. The predicted molar refractivity (Wildman–Crippen MR) is 81.9 cm³/mol. The molecule has 2 N–H and O–H groups in total. The Morgan fingerprint density at radius 1 is 1.09 bits per heavy atom. The molecule has 2 rings (SSSR count). The number of benzene rings is 2. The van der Waals surface area contributed by atoms with E-state index in [4.69, 9.17) is 4.74 Å². The second kappa shape index (κ2) is 6.30. The molecular formula is C17H17NO4. The third kappa shape index (κ3) is 3.09. The van der Waals surface area contributed by atoms with Gasteiger partial charge in [-0.25, -0.2) is 4.79 Å². The lowest BCUT2D eigenvalue weighted by Crippen LogP contribution is -2.49. The Kier molecular flexibility index (Phi) is 4.46. The third-order valence-corrected chi connectivity index (χ3v) is 3.47. The fourth-order valence-electron chi connectivity index (χ4n) is 2.07. The zero-order valence-corrected chi connectivity index (χ0v) is 12.4. The second-order valence-electron chi connectivity index (χ2n) is 4.98. The largest absolute Gasteiger partial charge is 0.497 e. The Balaban J connectivity index is 2.36. The molecule has 0 saturated heterocycles. The second-order valence-corrected chi connectivity index (χ2v) is 4.98. The van der Waals surface area contributed by atoms with Gasteiger partial charge in [0.2, 0.25) is 0 Å². The maximum atomic E-state index is 12.3. The van der Waals surface area contributed by atoms with Crippen LogP contribution in [0.1, 0.15) is 22.8 Å². The molecule has 0 aliphatic carbocycles. The van der Waals surface area contributed by atoms with Crippen molar-refractivity contribution >= 4 is 11.9 Å². The van der Waals surface area contributed by atoms with Crippen molar-refractivity contribution in [1.82, 2.24) is 5.32 Å². The molecule has 1 atom stereocenters. The van der Waals surface area contributed by atoms with Crippen molar-refractivity contribution < 1.29 is 19.4 Å². The number of hydrogen-bond acceptors (Lipinski definition) is 3. The molecule has 114 valence electrons. The number of carboxylic acid groups (broad SMARTS) is 1. The van der Waals surface area contributed by atoms with Crippen LogP contribution < -0.4 is 10.1 Å². The number of carbonyl (C=O) groups is 2. The minimum absolute atomic E-state index is 0.401. The van der Waals surface area contributed by atoms with Gasteiger partial charge in [-0.2, -0.15) is 0 Å². The van der Waals surface area contributed by atoms with Gasteiger partial charge in [-0.3, -0.25) is 4.79 Å². The SMILES string of the molecule is COc1cccc(C(C)(NC(=O)c2ccccc2)C(=O)O)c1. The van der Waals surface area contributed by atoms with Crippen LogP contribution in [0.25, 0.3) is 0 Å². The number of carboxylic acids is 1. The Hall–Kier alpha value is -2.82. The van der Waals surface area contributed by atoms with Crippen LogP contribution in [0, 0.1) is 0 Å². The number of ether oxygens (including phenoxy) is 1. The molecule has 0 bridgehead atoms. The molecule has 1 unspecified atom stereocenters. The Morgan fingerprint density at radius 3 is 2.36 bits per heavy atom. The number of methoxy groups -OCH3 is 1. The van der Waals surface area contributed by atoms with Gasteiger partial charge in [-0.05, 0) is 36.8 Å². The average molecular weight is 299 g/mol. The van der Waals surface area contributed by atoms with E-state index >= 15 is 0 Å². The molecule has 22 heavy (non-hydrogen) atoms. The molecule has 1 amide bonds. The van der Waals surface area contributed by atoms with E-state index in [1.54, 1.807) is 54.6 Å². The molecule has 0 fully saturated rings. The summed E-state index contributed by atoms with van der Waals surface area (Å²) in [6.07, 6.45) is 0. The first-order valence-corrected chi connectivity index (χ1v) is 6.73. The Bertz CT molecular complexity index is 684. The summed E-state index contributed by atoms with van der Waals surface area (Å²) in [5.41, 5.74) is -0.719. The number of amides is 1. The Labute approximate surface area is 128 Å². The van der Waals surface area contributed by atoms with E-state index in [2.05, 4.69) is 5.32 Å². The van der Waals surface area contributed by atoms with E-state index < -0.39 is 17.4 Å². The van der Waals surface area contributed by atoms with Crippen LogP contribution >= 0.6 is 0 Å². The number of rotatable bonds is 5. The van der Waals surface area contributed by atoms with Gasteiger partial charge < -0.3 is 15.2 Å². The first-order valence-electron chi connectivity index (χ1n) is 6.73. The summed E-state index contributed by atoms with van der Waals surface area (Å²) in [7, 11) is 1.50. The number of hydrogen-bond donors (Lipinski definition) is 2. The Morgan fingerprint density at radius 2 is 1.77 bits per heavy atom. The van der Waals surface area contributed by atoms with E-state index in [9.17, 15) is 14.7 Å². The van der Waals surface area contributed by atoms with Crippen LogP contribution in [0.4, 0.5) is 0 Å². The first-order chi connectivity index (χ1) is 10.5. The van der Waals surface area contributed by atoms with Gasteiger partial charge >= 0.3 is 5.97 Å². The van der Waals surface area contributed by atoms with E-state index in [0.29, 0.717) is 16.9 Å². The van der Waals surface area contributed by atoms with Crippen molar-refractivity contribution in [2.75, 3.05) is 7.11 Å². The predicted octanol–water partition coefficient (Wildman–Crippen LogP) is 2.42. The highest BCUT2D eigenvalue weighted by Crippen LogP contribution is 2.25. The third-order valence-electron chi connectivity index (χ3n) is 3.47. The summed E-state index contributed by atoms with van der Waals surface area (Å²) in [6.45, 7) is 1.45. The summed E-state index contributed by atoms with van der Waals surface area (Å²) >= 11 is 0. The number of nitrogens with one attached hydrogen (secondary N) is 1. The lowest BCUT2D eigenvalue weighted by molar-refractivity contribution is -0.144. The van der Waals surface area contributed by atoms with Crippen LogP contribution in [-0.4, -0.2) is 24.1 Å². The lowest BCUT2D eigenvalue weighted by atomic mass is 9.91. The van der Waals surface area contributed by atoms with Crippen molar-refractivity contribution in [2.24, 2.45) is 0 Å². The molecule has 0 heterocycles. The van der Waals surface area contributed by atoms with Crippen molar-refractivity contribution in [3.8, 4) is 5.75 Å². The summed E-state index contributed by atoms with van der Waals surface area (Å²) in [5, 5.41) is 12.2. The fourth-order valence-corrected chi connectivity index (χ4v) is 2.07. The summed E-state index contributed by atoms with van der Waals surface area (Å²) in [6, 6.07) is 15.1. The summed E-state index contributed by atoms with van der Waals surface area (Å²) in [5.74, 6) is -1.07. The highest BCUT2D eigenvalue weighted by Gasteiger charge is 2.37. The van der Waals surface area contributed by atoms with Gasteiger partial charge in [0.05, 0.1) is 7.11 Å². The smallest absolute Gasteiger partial charge is 0.333 e.